The lowest BCUT2D eigenvalue weighted by Gasteiger charge is -2.23. The van der Waals surface area contributed by atoms with Crippen LogP contribution in [0.5, 0.6) is 5.75 Å². The number of benzene rings is 2. The fourth-order valence-corrected chi connectivity index (χ4v) is 3.49. The zero-order chi connectivity index (χ0) is 20.6. The molecule has 0 spiro atoms. The second kappa shape index (κ2) is 10.1. The van der Waals surface area contributed by atoms with Gasteiger partial charge < -0.3 is 19.5 Å². The third-order valence-corrected chi connectivity index (χ3v) is 5.07. The first kappa shape index (κ1) is 20.2. The zero-order valence-electron chi connectivity index (χ0n) is 17.0. The number of carbonyl (C=O) groups excluding carboxylic acids is 1. The number of ether oxygens (including phenoxy) is 3. The molecule has 1 aliphatic heterocycles. The molecular weight excluding hydrogens is 382 g/mol. The van der Waals surface area contributed by atoms with Gasteiger partial charge >= 0.3 is 6.09 Å². The van der Waals surface area contributed by atoms with Crippen molar-refractivity contribution >= 4 is 17.0 Å². The van der Waals surface area contributed by atoms with Crippen LogP contribution in [0.3, 0.4) is 0 Å². The van der Waals surface area contributed by atoms with E-state index in [2.05, 4.69) is 10.4 Å². The number of nitrogens with one attached hydrogen (secondary N) is 1. The van der Waals surface area contributed by atoms with Crippen molar-refractivity contribution in [2.45, 2.75) is 38.5 Å². The van der Waals surface area contributed by atoms with Crippen molar-refractivity contribution in [3.63, 3.8) is 0 Å². The highest BCUT2D eigenvalue weighted by Gasteiger charge is 2.18. The summed E-state index contributed by atoms with van der Waals surface area (Å²) in [6.07, 6.45) is 5.43. The molecule has 2 heterocycles. The van der Waals surface area contributed by atoms with Crippen molar-refractivity contribution in [2.24, 2.45) is 0 Å². The van der Waals surface area contributed by atoms with Crippen LogP contribution in [-0.4, -0.2) is 35.6 Å². The van der Waals surface area contributed by atoms with E-state index in [1.807, 2.05) is 59.4 Å². The van der Waals surface area contributed by atoms with Crippen LogP contribution < -0.4 is 10.1 Å². The summed E-state index contributed by atoms with van der Waals surface area (Å²) in [5.41, 5.74) is 2.02. The number of hydrogen-bond donors (Lipinski definition) is 1. The Labute approximate surface area is 175 Å². The number of aromatic nitrogens is 2. The number of amides is 1. The van der Waals surface area contributed by atoms with Crippen molar-refractivity contribution in [3.05, 3.63) is 60.3 Å². The fraction of sp³-hybridized carbons (Fsp3) is 0.391. The lowest BCUT2D eigenvalue weighted by molar-refractivity contribution is -0.0366. The van der Waals surface area contributed by atoms with Gasteiger partial charge in [0.25, 0.3) is 0 Å². The number of carbonyl (C=O) groups is 1. The number of rotatable bonds is 8. The van der Waals surface area contributed by atoms with Gasteiger partial charge in [0.2, 0.25) is 0 Å². The molecule has 3 aromatic rings. The Morgan fingerprint density at radius 2 is 2.10 bits per heavy atom. The molecule has 1 unspecified atom stereocenters. The van der Waals surface area contributed by atoms with E-state index < -0.39 is 6.09 Å². The molecule has 1 saturated heterocycles. The molecule has 0 bridgehead atoms. The quantitative estimate of drug-likeness (QED) is 0.557. The van der Waals surface area contributed by atoms with Gasteiger partial charge in [-0.25, -0.2) is 9.48 Å². The molecule has 0 aliphatic carbocycles. The topological polar surface area (TPSA) is 74.6 Å². The average Bonchev–Trinajstić information content (AvgIpc) is 3.22. The monoisotopic (exact) mass is 409 g/mol. The van der Waals surface area contributed by atoms with Crippen LogP contribution in [0, 0.1) is 0 Å². The minimum absolute atomic E-state index is 0.0238. The fourth-order valence-electron chi connectivity index (χ4n) is 3.49. The second-order valence-corrected chi connectivity index (χ2v) is 7.32. The van der Waals surface area contributed by atoms with Crippen LogP contribution in [-0.2, 0) is 16.1 Å². The summed E-state index contributed by atoms with van der Waals surface area (Å²) >= 11 is 0. The van der Waals surface area contributed by atoms with Gasteiger partial charge in [-0.05, 0) is 49.4 Å². The Morgan fingerprint density at radius 3 is 2.93 bits per heavy atom. The first-order chi connectivity index (χ1) is 14.8. The van der Waals surface area contributed by atoms with Gasteiger partial charge in [-0.15, -0.1) is 0 Å². The molecule has 158 valence electrons. The van der Waals surface area contributed by atoms with Gasteiger partial charge in [-0.2, -0.15) is 5.10 Å². The molecule has 2 aromatic carbocycles. The van der Waals surface area contributed by atoms with Crippen LogP contribution in [0.1, 0.15) is 37.5 Å². The third kappa shape index (κ3) is 5.30. The van der Waals surface area contributed by atoms with E-state index in [9.17, 15) is 4.79 Å². The highest BCUT2D eigenvalue weighted by atomic mass is 16.5. The molecular formula is C23H27N3O4. The van der Waals surface area contributed by atoms with Crippen LogP contribution in [0.4, 0.5) is 4.79 Å². The molecule has 4 rings (SSSR count). The van der Waals surface area contributed by atoms with Gasteiger partial charge in [0.15, 0.2) is 6.23 Å². The SMILES string of the molecule is O=C(NCCCOc1ccc2c(cnn2C2CCCCO2)c1)OCc1ccccc1. The maximum absolute atomic E-state index is 11.7. The molecule has 7 nitrogen and oxygen atoms in total. The summed E-state index contributed by atoms with van der Waals surface area (Å²) < 4.78 is 18.8. The Bertz CT molecular complexity index is 951. The number of hydrogen-bond acceptors (Lipinski definition) is 5. The maximum atomic E-state index is 11.7. The zero-order valence-corrected chi connectivity index (χ0v) is 17.0. The Kier molecular flexibility index (Phi) is 6.82. The standard InChI is InChI=1S/C23H27N3O4/c27-23(30-17-18-7-2-1-3-8-18)24-12-6-14-28-20-10-11-21-19(15-20)16-25-26(21)22-9-4-5-13-29-22/h1-3,7-8,10-11,15-16,22H,4-6,9,12-14,17H2,(H,24,27). The predicted octanol–water partition coefficient (Wildman–Crippen LogP) is 4.43. The van der Waals surface area contributed by atoms with Gasteiger partial charge in [-0.3, -0.25) is 0 Å². The molecule has 1 amide bonds. The maximum Gasteiger partial charge on any atom is 0.407 e. The molecule has 30 heavy (non-hydrogen) atoms. The van der Waals surface area contributed by atoms with Crippen LogP contribution >= 0.6 is 0 Å². The smallest absolute Gasteiger partial charge is 0.407 e. The minimum atomic E-state index is -0.419. The number of fused-ring (bicyclic) bond motifs is 1. The summed E-state index contributed by atoms with van der Waals surface area (Å²) in [5.74, 6) is 0.790. The number of alkyl carbamates (subject to hydrolysis) is 1. The average molecular weight is 409 g/mol. The summed E-state index contributed by atoms with van der Waals surface area (Å²) in [6.45, 7) is 2.06. The number of nitrogens with zero attached hydrogens (tertiary/aromatic N) is 2. The normalized spacial score (nSPS) is 16.3. The van der Waals surface area contributed by atoms with Gasteiger partial charge in [0.1, 0.15) is 12.4 Å². The van der Waals surface area contributed by atoms with E-state index in [0.29, 0.717) is 19.6 Å². The first-order valence-corrected chi connectivity index (χ1v) is 10.5. The summed E-state index contributed by atoms with van der Waals surface area (Å²) in [6, 6.07) is 15.6. The van der Waals surface area contributed by atoms with Crippen molar-refractivity contribution in [1.82, 2.24) is 15.1 Å². The first-order valence-electron chi connectivity index (χ1n) is 10.5. The van der Waals surface area contributed by atoms with E-state index >= 15 is 0 Å². The van der Waals surface area contributed by atoms with E-state index in [1.165, 1.54) is 6.42 Å². The molecule has 7 heteroatoms. The molecule has 1 N–H and O–H groups in total. The Morgan fingerprint density at radius 1 is 1.20 bits per heavy atom. The Balaban J connectivity index is 1.18. The van der Waals surface area contributed by atoms with E-state index in [1.54, 1.807) is 0 Å². The van der Waals surface area contributed by atoms with Crippen molar-refractivity contribution in [1.29, 1.82) is 0 Å². The lowest BCUT2D eigenvalue weighted by Crippen LogP contribution is -2.26. The highest BCUT2D eigenvalue weighted by molar-refractivity contribution is 5.80. The lowest BCUT2D eigenvalue weighted by atomic mass is 10.2. The van der Waals surface area contributed by atoms with Gasteiger partial charge in [-0.1, -0.05) is 30.3 Å². The molecule has 0 saturated carbocycles. The van der Waals surface area contributed by atoms with Gasteiger partial charge in [0.05, 0.1) is 18.3 Å². The Hall–Kier alpha value is -3.06. The second-order valence-electron chi connectivity index (χ2n) is 7.32. The van der Waals surface area contributed by atoms with Crippen LogP contribution in [0.15, 0.2) is 54.7 Å². The highest BCUT2D eigenvalue weighted by Crippen LogP contribution is 2.28. The van der Waals surface area contributed by atoms with E-state index in [4.69, 9.17) is 14.2 Å². The summed E-state index contributed by atoms with van der Waals surface area (Å²) in [7, 11) is 0. The molecule has 0 radical (unpaired) electrons. The third-order valence-electron chi connectivity index (χ3n) is 5.07. The van der Waals surface area contributed by atoms with Crippen molar-refractivity contribution in [2.75, 3.05) is 19.8 Å². The largest absolute Gasteiger partial charge is 0.494 e. The van der Waals surface area contributed by atoms with Crippen LogP contribution in [0.25, 0.3) is 10.9 Å². The molecule has 1 aliphatic rings. The van der Waals surface area contributed by atoms with Gasteiger partial charge in [0, 0.05) is 18.5 Å². The summed E-state index contributed by atoms with van der Waals surface area (Å²) in [5, 5.41) is 8.28. The van der Waals surface area contributed by atoms with Crippen molar-refractivity contribution < 1.29 is 19.0 Å². The molecule has 1 aromatic heterocycles. The minimum Gasteiger partial charge on any atom is -0.494 e. The molecule has 1 fully saturated rings. The van der Waals surface area contributed by atoms with E-state index in [0.717, 1.165) is 41.7 Å². The van der Waals surface area contributed by atoms with Crippen molar-refractivity contribution in [3.8, 4) is 5.75 Å². The molecule has 1 atom stereocenters. The van der Waals surface area contributed by atoms with E-state index in [-0.39, 0.29) is 12.8 Å². The predicted molar refractivity (Wildman–Crippen MR) is 113 cm³/mol. The summed E-state index contributed by atoms with van der Waals surface area (Å²) in [4.78, 5) is 11.7. The van der Waals surface area contributed by atoms with Crippen LogP contribution in [0.2, 0.25) is 0 Å².